The van der Waals surface area contributed by atoms with Crippen LogP contribution in [0.15, 0.2) is 69.6 Å². The lowest BCUT2D eigenvalue weighted by molar-refractivity contribution is -0.143. The van der Waals surface area contributed by atoms with Gasteiger partial charge in [0.15, 0.2) is 11.5 Å². The molecule has 1 unspecified atom stereocenters. The molecule has 0 spiro atoms. The number of nitrogens with zero attached hydrogens (tertiary/aromatic N) is 2. The van der Waals surface area contributed by atoms with E-state index >= 15 is 0 Å². The number of halogens is 5. The number of aromatic amines is 2. The normalized spacial score (nSPS) is 11.7. The summed E-state index contributed by atoms with van der Waals surface area (Å²) in [6.45, 7) is 8.55. The number of aliphatic carboxylic acids is 1. The fourth-order valence-electron chi connectivity index (χ4n) is 5.67. The molecule has 306 valence electrons. The number of hydrogen-bond acceptors (Lipinski definition) is 8. The molecule has 2 heterocycles. The summed E-state index contributed by atoms with van der Waals surface area (Å²) >= 11 is 19.4. The molecule has 0 bridgehead atoms. The first-order valence-electron chi connectivity index (χ1n) is 18.0. The van der Waals surface area contributed by atoms with E-state index in [4.69, 9.17) is 37.8 Å². The van der Waals surface area contributed by atoms with Crippen LogP contribution in [0.25, 0.3) is 22.1 Å². The molecule has 0 aliphatic heterocycles. The quantitative estimate of drug-likeness (QED) is 0.0613. The van der Waals surface area contributed by atoms with Crippen molar-refractivity contribution in [1.29, 1.82) is 0 Å². The number of H-pyrrole nitrogens is 2. The number of carbonyl (C=O) groups excluding carboxylic acids is 2. The third-order valence-electron chi connectivity index (χ3n) is 8.20. The zero-order valence-corrected chi connectivity index (χ0v) is 36.7. The maximum atomic E-state index is 13.4. The molecule has 0 fully saturated rings. The van der Waals surface area contributed by atoms with Crippen LogP contribution in [-0.2, 0) is 38.4 Å². The molecule has 0 saturated carbocycles. The molecule has 1 atom stereocenters. The Bertz CT molecular complexity index is 2410. The molecule has 4 N–H and O–H groups in total. The minimum absolute atomic E-state index is 0.172. The van der Waals surface area contributed by atoms with Crippen LogP contribution < -0.4 is 14.8 Å². The van der Waals surface area contributed by atoms with Crippen LogP contribution in [-0.4, -0.2) is 56.2 Å². The van der Waals surface area contributed by atoms with Crippen molar-refractivity contribution in [2.24, 2.45) is 11.8 Å². The van der Waals surface area contributed by atoms with Crippen molar-refractivity contribution in [2.45, 2.75) is 59.5 Å². The summed E-state index contributed by atoms with van der Waals surface area (Å²) < 4.78 is 31.1. The highest BCUT2D eigenvalue weighted by Crippen LogP contribution is 2.40. The number of carboxylic acid groups (broad SMARTS) is 1. The number of carbonyl (C=O) groups is 3. The number of amides is 1. The van der Waals surface area contributed by atoms with Gasteiger partial charge in [-0.25, -0.2) is 19.2 Å². The second-order valence-electron chi connectivity index (χ2n) is 14.1. The Morgan fingerprint density at radius 1 is 0.776 bits per heavy atom. The molecular weight excluding hydrogens is 924 g/mol. The summed E-state index contributed by atoms with van der Waals surface area (Å²) in [6, 6.07) is 17.4. The fourth-order valence-corrected chi connectivity index (χ4v) is 7.63. The third-order valence-corrected chi connectivity index (χ3v) is 9.94. The average molecular weight is 965 g/mol. The van der Waals surface area contributed by atoms with Crippen molar-refractivity contribution in [3.63, 3.8) is 0 Å². The predicted molar refractivity (Wildman–Crippen MR) is 229 cm³/mol. The monoisotopic (exact) mass is 961 g/mol. The van der Waals surface area contributed by atoms with E-state index in [1.54, 1.807) is 24.3 Å². The van der Waals surface area contributed by atoms with Crippen molar-refractivity contribution in [1.82, 2.24) is 19.9 Å². The van der Waals surface area contributed by atoms with Gasteiger partial charge >= 0.3 is 11.9 Å². The smallest absolute Gasteiger partial charge is 0.338 e. The SMILES string of the molecule is CC(C)Cc1nc2ccc(Oc3c(Cl)cc(CC(F)C(=O)O)cc3Cl)cc2[nH]1.COC(=O)CC(=O)Nc1cc(Br)c(Oc2ccc3nc(CC(C)C)[nH]c3c2)c(Br)c1. The van der Waals surface area contributed by atoms with Gasteiger partial charge in [-0.15, -0.1) is 0 Å². The minimum Gasteiger partial charge on any atom is -0.479 e. The van der Waals surface area contributed by atoms with Crippen LogP contribution >= 0.6 is 55.1 Å². The Morgan fingerprint density at radius 2 is 1.26 bits per heavy atom. The molecular formula is C41H40Br2Cl2FN5O7. The summed E-state index contributed by atoms with van der Waals surface area (Å²) in [5.74, 6) is 2.19. The second kappa shape index (κ2) is 19.8. The predicted octanol–water partition coefficient (Wildman–Crippen LogP) is 11.4. The number of fused-ring (bicyclic) bond motifs is 2. The maximum Gasteiger partial charge on any atom is 0.338 e. The molecule has 17 heteroatoms. The first kappa shape index (κ1) is 44.4. The Hall–Kier alpha value is -4.70. The number of hydrogen-bond donors (Lipinski definition) is 4. The molecule has 0 aliphatic rings. The van der Waals surface area contributed by atoms with E-state index in [1.807, 2.05) is 24.3 Å². The number of esters is 1. The molecule has 58 heavy (non-hydrogen) atoms. The molecule has 1 amide bonds. The Kier molecular flexibility index (Phi) is 15.2. The van der Waals surface area contributed by atoms with Crippen molar-refractivity contribution >= 4 is 101 Å². The minimum atomic E-state index is -2.03. The molecule has 4 aromatic carbocycles. The standard InChI is InChI=1S/C21H21Br2N3O4.C20H19Cl2FN2O3/c1-11(2)6-18-25-16-5-4-13(9-17(16)26-18)30-21-14(22)7-12(8-15(21)23)24-19(27)10-20(28)29-3;1-10(2)5-18-24-16-4-3-12(9-17(16)25-18)28-19-13(21)6-11(7-14(19)22)8-15(23)20(26)27/h4-5,7-9,11H,6,10H2,1-3H3,(H,24,27)(H,25,26);3-4,6-7,9-10,15H,5,8H2,1-2H3,(H,24,25)(H,26,27). The van der Waals surface area contributed by atoms with Gasteiger partial charge in [-0.05, 0) is 97.8 Å². The zero-order valence-electron chi connectivity index (χ0n) is 32.0. The number of ether oxygens (including phenoxy) is 3. The van der Waals surface area contributed by atoms with E-state index < -0.39 is 24.0 Å². The second-order valence-corrected chi connectivity index (χ2v) is 16.6. The summed E-state index contributed by atoms with van der Waals surface area (Å²) in [5.41, 5.74) is 4.34. The summed E-state index contributed by atoms with van der Waals surface area (Å²) in [7, 11) is 1.24. The third kappa shape index (κ3) is 12.2. The highest BCUT2D eigenvalue weighted by atomic mass is 79.9. The van der Waals surface area contributed by atoms with Crippen LogP contribution in [0, 0.1) is 11.8 Å². The fraction of sp³-hybridized carbons (Fsp3) is 0.293. The van der Waals surface area contributed by atoms with Gasteiger partial charge in [0.25, 0.3) is 0 Å². The van der Waals surface area contributed by atoms with Gasteiger partial charge in [0, 0.05) is 37.1 Å². The van der Waals surface area contributed by atoms with Crippen molar-refractivity contribution in [2.75, 3.05) is 12.4 Å². The van der Waals surface area contributed by atoms with Gasteiger partial charge in [0.05, 0.1) is 48.2 Å². The molecule has 0 aliphatic carbocycles. The number of aromatic nitrogens is 4. The van der Waals surface area contributed by atoms with Gasteiger partial charge in [-0.2, -0.15) is 0 Å². The first-order valence-corrected chi connectivity index (χ1v) is 20.4. The van der Waals surface area contributed by atoms with Gasteiger partial charge in [0.2, 0.25) is 12.1 Å². The highest BCUT2D eigenvalue weighted by molar-refractivity contribution is 9.11. The van der Waals surface area contributed by atoms with E-state index in [2.05, 4.69) is 89.5 Å². The van der Waals surface area contributed by atoms with Crippen LogP contribution in [0.2, 0.25) is 10.0 Å². The molecule has 6 aromatic rings. The number of rotatable bonds is 14. The number of methoxy groups -OCH3 is 1. The molecule has 2 aromatic heterocycles. The average Bonchev–Trinajstić information content (AvgIpc) is 3.72. The van der Waals surface area contributed by atoms with Crippen LogP contribution in [0.4, 0.5) is 10.1 Å². The van der Waals surface area contributed by atoms with E-state index in [9.17, 15) is 18.8 Å². The molecule has 0 saturated heterocycles. The van der Waals surface area contributed by atoms with Crippen molar-refractivity contribution in [3.05, 3.63) is 96.9 Å². The van der Waals surface area contributed by atoms with Crippen LogP contribution in [0.1, 0.15) is 51.3 Å². The van der Waals surface area contributed by atoms with Gasteiger partial charge in [0.1, 0.15) is 29.6 Å². The van der Waals surface area contributed by atoms with Crippen molar-refractivity contribution < 1.29 is 38.1 Å². The lowest BCUT2D eigenvalue weighted by atomic mass is 10.1. The topological polar surface area (TPSA) is 169 Å². The lowest BCUT2D eigenvalue weighted by Crippen LogP contribution is -2.17. The summed E-state index contributed by atoms with van der Waals surface area (Å²) in [5, 5.41) is 11.7. The van der Waals surface area contributed by atoms with E-state index in [0.29, 0.717) is 49.3 Å². The molecule has 12 nitrogen and oxygen atoms in total. The highest BCUT2D eigenvalue weighted by Gasteiger charge is 2.20. The number of benzene rings is 4. The van der Waals surface area contributed by atoms with E-state index in [0.717, 1.165) is 46.6 Å². The number of carboxylic acids is 1. The molecule has 0 radical (unpaired) electrons. The number of nitrogens with one attached hydrogen (secondary N) is 3. The van der Waals surface area contributed by atoms with E-state index in [1.165, 1.54) is 19.2 Å². The number of imidazole rings is 2. The lowest BCUT2D eigenvalue weighted by Gasteiger charge is -2.12. The number of anilines is 1. The maximum absolute atomic E-state index is 13.4. The number of alkyl halides is 1. The Balaban J connectivity index is 0.000000221. The van der Waals surface area contributed by atoms with E-state index in [-0.39, 0.29) is 28.6 Å². The van der Waals surface area contributed by atoms with Gasteiger partial charge in [-0.3, -0.25) is 9.59 Å². The van der Waals surface area contributed by atoms with Gasteiger partial charge in [-0.1, -0.05) is 50.9 Å². The van der Waals surface area contributed by atoms with Crippen LogP contribution in [0.3, 0.4) is 0 Å². The largest absolute Gasteiger partial charge is 0.479 e. The van der Waals surface area contributed by atoms with Crippen molar-refractivity contribution in [3.8, 4) is 23.0 Å². The Labute approximate surface area is 360 Å². The van der Waals surface area contributed by atoms with Gasteiger partial charge < -0.3 is 34.6 Å². The Morgan fingerprint density at radius 3 is 1.71 bits per heavy atom. The summed E-state index contributed by atoms with van der Waals surface area (Å²) in [4.78, 5) is 49.5. The molecule has 6 rings (SSSR count). The zero-order chi connectivity index (χ0) is 42.3. The first-order chi connectivity index (χ1) is 27.5. The summed E-state index contributed by atoms with van der Waals surface area (Å²) in [6.07, 6.45) is -0.983. The van der Waals surface area contributed by atoms with Crippen LogP contribution in [0.5, 0.6) is 23.0 Å².